The zero-order valence-corrected chi connectivity index (χ0v) is 21.6. The Morgan fingerprint density at radius 1 is 0.632 bits per heavy atom. The molecule has 198 valence electrons. The molecule has 3 aromatic rings. The lowest BCUT2D eigenvalue weighted by atomic mass is 10.1. The number of anilines is 3. The number of carbonyl (C=O) groups excluding carboxylic acids is 2. The van der Waals surface area contributed by atoms with Crippen LogP contribution in [-0.4, -0.2) is 38.4 Å². The summed E-state index contributed by atoms with van der Waals surface area (Å²) < 4.78 is 21.5. The van der Waals surface area contributed by atoms with Crippen LogP contribution >= 0.6 is 0 Å². The van der Waals surface area contributed by atoms with E-state index in [0.717, 1.165) is 40.7 Å². The average Bonchev–Trinajstić information content (AvgIpc) is 2.95. The minimum absolute atomic E-state index is 0.284. The molecule has 3 rings (SSSR count). The summed E-state index contributed by atoms with van der Waals surface area (Å²) in [5.41, 5.74) is 4.14. The van der Waals surface area contributed by atoms with Crippen LogP contribution in [0.3, 0.4) is 0 Å². The fraction of sp³-hybridized carbons (Fsp3) is 0.226. The van der Waals surface area contributed by atoms with Gasteiger partial charge in [0, 0.05) is 42.1 Å². The average molecular weight is 516 g/mol. The molecule has 0 saturated carbocycles. The van der Waals surface area contributed by atoms with Crippen LogP contribution in [0.1, 0.15) is 18.4 Å². The molecule has 0 atom stereocenters. The molecule has 7 nitrogen and oxygen atoms in total. The minimum atomic E-state index is -0.434. The van der Waals surface area contributed by atoms with E-state index < -0.39 is 11.9 Å². The van der Waals surface area contributed by atoms with E-state index >= 15 is 0 Å². The van der Waals surface area contributed by atoms with Crippen LogP contribution in [0, 0.1) is 6.92 Å². The van der Waals surface area contributed by atoms with Crippen molar-refractivity contribution in [2.75, 3.05) is 31.3 Å². The number of ether oxygens (including phenoxy) is 4. The summed E-state index contributed by atoms with van der Waals surface area (Å²) in [4.78, 5) is 24.4. The molecule has 3 aromatic carbocycles. The van der Waals surface area contributed by atoms with Crippen molar-refractivity contribution in [2.45, 2.75) is 19.8 Å². The molecule has 0 aliphatic heterocycles. The first-order valence-electron chi connectivity index (χ1n) is 12.4. The molecule has 0 aliphatic rings. The van der Waals surface area contributed by atoms with Crippen molar-refractivity contribution < 1.29 is 28.5 Å². The molecule has 0 N–H and O–H groups in total. The first-order chi connectivity index (χ1) is 18.5. The zero-order valence-electron chi connectivity index (χ0n) is 21.6. The Morgan fingerprint density at radius 2 is 1.00 bits per heavy atom. The number of aryl methyl sites for hydroxylation is 1. The smallest absolute Gasteiger partial charge is 0.330 e. The van der Waals surface area contributed by atoms with Crippen molar-refractivity contribution in [3.63, 3.8) is 0 Å². The van der Waals surface area contributed by atoms with Gasteiger partial charge in [0.1, 0.15) is 11.5 Å². The lowest BCUT2D eigenvalue weighted by Crippen LogP contribution is -2.10. The Hall–Kier alpha value is -4.52. The quantitative estimate of drug-likeness (QED) is 0.131. The first kappa shape index (κ1) is 28.1. The van der Waals surface area contributed by atoms with E-state index in [2.05, 4.69) is 49.2 Å². The van der Waals surface area contributed by atoms with E-state index in [1.54, 1.807) is 0 Å². The van der Waals surface area contributed by atoms with E-state index in [1.165, 1.54) is 5.56 Å². The van der Waals surface area contributed by atoms with Gasteiger partial charge in [-0.15, -0.1) is 0 Å². The van der Waals surface area contributed by atoms with Crippen molar-refractivity contribution in [3.8, 4) is 11.5 Å². The maximum Gasteiger partial charge on any atom is 0.330 e. The number of nitrogens with zero attached hydrogens (tertiary/aromatic N) is 1. The maximum atomic E-state index is 11.1. The van der Waals surface area contributed by atoms with Crippen LogP contribution in [0.4, 0.5) is 17.1 Å². The molecular weight excluding hydrogens is 482 g/mol. The van der Waals surface area contributed by atoms with Crippen LogP contribution in [0.2, 0.25) is 0 Å². The third kappa shape index (κ3) is 8.85. The highest BCUT2D eigenvalue weighted by atomic mass is 16.5. The second-order valence-electron chi connectivity index (χ2n) is 8.31. The minimum Gasteiger partial charge on any atom is -0.493 e. The predicted octanol–water partition coefficient (Wildman–Crippen LogP) is 6.46. The molecular formula is C31H33NO6. The van der Waals surface area contributed by atoms with Crippen LogP contribution in [0.25, 0.3) is 0 Å². The molecule has 0 aromatic heterocycles. The van der Waals surface area contributed by atoms with Gasteiger partial charge in [0.15, 0.2) is 0 Å². The van der Waals surface area contributed by atoms with Gasteiger partial charge in [-0.3, -0.25) is 0 Å². The normalized spacial score (nSPS) is 10.2. The number of rotatable bonds is 15. The molecule has 0 radical (unpaired) electrons. The Morgan fingerprint density at radius 3 is 1.37 bits per heavy atom. The van der Waals surface area contributed by atoms with Gasteiger partial charge in [0.05, 0.1) is 26.4 Å². The fourth-order valence-corrected chi connectivity index (χ4v) is 3.49. The fourth-order valence-electron chi connectivity index (χ4n) is 3.49. The van der Waals surface area contributed by atoms with Gasteiger partial charge in [-0.1, -0.05) is 30.9 Å². The monoisotopic (exact) mass is 515 g/mol. The third-order valence-corrected chi connectivity index (χ3v) is 5.42. The number of esters is 2. The summed E-state index contributed by atoms with van der Waals surface area (Å²) in [6, 6.07) is 24.0. The van der Waals surface area contributed by atoms with E-state index in [-0.39, 0.29) is 13.2 Å². The SMILES string of the molecule is C=CC(=O)OCCCOc1ccc(N(c2ccc(C)cc2)c2ccc(OCCCOC(=O)C=C)cc2)cc1. The van der Waals surface area contributed by atoms with Crippen LogP contribution < -0.4 is 14.4 Å². The summed E-state index contributed by atoms with van der Waals surface area (Å²) >= 11 is 0. The summed E-state index contributed by atoms with van der Waals surface area (Å²) in [6.45, 7) is 10.2. The molecule has 0 aliphatic carbocycles. The van der Waals surface area contributed by atoms with Gasteiger partial charge >= 0.3 is 11.9 Å². The zero-order chi connectivity index (χ0) is 27.2. The van der Waals surface area contributed by atoms with Gasteiger partial charge in [0.2, 0.25) is 0 Å². The summed E-state index contributed by atoms with van der Waals surface area (Å²) in [6.07, 6.45) is 3.47. The second kappa shape index (κ2) is 14.9. The van der Waals surface area contributed by atoms with E-state index in [0.29, 0.717) is 26.1 Å². The number of carbonyl (C=O) groups is 2. The Bertz CT molecular complexity index is 1110. The van der Waals surface area contributed by atoms with Gasteiger partial charge in [0.25, 0.3) is 0 Å². The summed E-state index contributed by atoms with van der Waals surface area (Å²) in [5.74, 6) is 0.596. The van der Waals surface area contributed by atoms with Crippen LogP contribution in [0.5, 0.6) is 11.5 Å². The van der Waals surface area contributed by atoms with Gasteiger partial charge in [-0.05, 0) is 67.6 Å². The molecule has 0 saturated heterocycles. The largest absolute Gasteiger partial charge is 0.493 e. The Labute approximate surface area is 223 Å². The number of benzene rings is 3. The van der Waals surface area contributed by atoms with Crippen molar-refractivity contribution in [1.29, 1.82) is 0 Å². The first-order valence-corrected chi connectivity index (χ1v) is 12.4. The van der Waals surface area contributed by atoms with Crippen molar-refractivity contribution in [1.82, 2.24) is 0 Å². The summed E-state index contributed by atoms with van der Waals surface area (Å²) in [5, 5.41) is 0. The number of hydrogen-bond donors (Lipinski definition) is 0. The highest BCUT2D eigenvalue weighted by Gasteiger charge is 2.13. The molecule has 38 heavy (non-hydrogen) atoms. The van der Waals surface area contributed by atoms with Gasteiger partial charge in [-0.25, -0.2) is 9.59 Å². The molecule has 7 heteroatoms. The standard InChI is InChI=1S/C31H33NO6/c1-4-30(33)37-22-6-20-35-28-16-12-26(13-17-28)32(25-10-8-24(3)9-11-25)27-14-18-29(19-15-27)36-21-7-23-38-31(34)5-2/h4-5,8-19H,1-2,6-7,20-23H2,3H3. The van der Waals surface area contributed by atoms with Crippen molar-refractivity contribution in [3.05, 3.63) is 104 Å². The Balaban J connectivity index is 1.65. The van der Waals surface area contributed by atoms with Gasteiger partial charge < -0.3 is 23.8 Å². The Kier molecular flexibility index (Phi) is 11.0. The molecule has 0 bridgehead atoms. The molecule has 0 fully saturated rings. The predicted molar refractivity (Wildman–Crippen MR) is 148 cm³/mol. The topological polar surface area (TPSA) is 74.3 Å². The highest BCUT2D eigenvalue weighted by molar-refractivity contribution is 5.81. The maximum absolute atomic E-state index is 11.1. The highest BCUT2D eigenvalue weighted by Crippen LogP contribution is 2.36. The van der Waals surface area contributed by atoms with Gasteiger partial charge in [-0.2, -0.15) is 0 Å². The van der Waals surface area contributed by atoms with Crippen LogP contribution in [0.15, 0.2) is 98.1 Å². The van der Waals surface area contributed by atoms with Crippen molar-refractivity contribution in [2.24, 2.45) is 0 Å². The third-order valence-electron chi connectivity index (χ3n) is 5.42. The summed E-state index contributed by atoms with van der Waals surface area (Å²) in [7, 11) is 0. The number of hydrogen-bond acceptors (Lipinski definition) is 7. The molecule has 0 unspecified atom stereocenters. The molecule has 0 amide bonds. The van der Waals surface area contributed by atoms with E-state index in [9.17, 15) is 9.59 Å². The van der Waals surface area contributed by atoms with E-state index in [1.807, 2.05) is 48.5 Å². The molecule has 0 spiro atoms. The lowest BCUT2D eigenvalue weighted by molar-refractivity contribution is -0.138. The second-order valence-corrected chi connectivity index (χ2v) is 8.31. The van der Waals surface area contributed by atoms with E-state index in [4.69, 9.17) is 18.9 Å². The van der Waals surface area contributed by atoms with Crippen molar-refractivity contribution >= 4 is 29.0 Å². The molecule has 0 heterocycles. The lowest BCUT2D eigenvalue weighted by Gasteiger charge is -2.26. The van der Waals surface area contributed by atoms with Crippen LogP contribution in [-0.2, 0) is 19.1 Å².